The molecule has 2 atom stereocenters. The van der Waals surface area contributed by atoms with E-state index in [1.165, 1.54) is 29.0 Å². The molecule has 0 saturated heterocycles. The lowest BCUT2D eigenvalue weighted by atomic mass is 9.81. The summed E-state index contributed by atoms with van der Waals surface area (Å²) in [4.78, 5) is 2.40. The smallest absolute Gasteiger partial charge is 0.123 e. The first-order valence-corrected chi connectivity index (χ1v) is 13.0. The van der Waals surface area contributed by atoms with Crippen LogP contribution in [0.15, 0.2) is 85.1 Å². The van der Waals surface area contributed by atoms with Crippen molar-refractivity contribution in [1.82, 2.24) is 5.32 Å². The lowest BCUT2D eigenvalue weighted by Gasteiger charge is -2.43. The first-order valence-electron chi connectivity index (χ1n) is 13.0. The number of rotatable bonds is 9. The predicted molar refractivity (Wildman–Crippen MR) is 144 cm³/mol. The Morgan fingerprint density at radius 2 is 1.97 bits per heavy atom. The van der Waals surface area contributed by atoms with Gasteiger partial charge in [0.1, 0.15) is 11.4 Å². The van der Waals surface area contributed by atoms with Crippen LogP contribution < -0.4 is 10.2 Å². The van der Waals surface area contributed by atoms with Gasteiger partial charge in [-0.3, -0.25) is 0 Å². The summed E-state index contributed by atoms with van der Waals surface area (Å²) >= 11 is 0. The van der Waals surface area contributed by atoms with Crippen LogP contribution in [-0.2, 0) is 16.9 Å². The SMILES string of the molecule is CCC1(C=CCNCCCC2(c3ccc(F)cc3)OCc3cc(C#N)ccc32)C2=CN1c1ccccc12. The monoisotopic (exact) mass is 491 g/mol. The maximum absolute atomic E-state index is 13.7. The lowest BCUT2D eigenvalue weighted by molar-refractivity contribution is -0.0129. The van der Waals surface area contributed by atoms with Crippen molar-refractivity contribution < 1.29 is 9.13 Å². The molecule has 0 fully saturated rings. The highest BCUT2D eigenvalue weighted by atomic mass is 19.1. The summed E-state index contributed by atoms with van der Waals surface area (Å²) in [5, 5.41) is 12.9. The Bertz CT molecular complexity index is 1440. The first-order chi connectivity index (χ1) is 18.1. The minimum Gasteiger partial charge on any atom is -0.361 e. The second-order valence-electron chi connectivity index (χ2n) is 10.0. The van der Waals surface area contributed by atoms with Gasteiger partial charge in [0.15, 0.2) is 0 Å². The number of ether oxygens (including phenoxy) is 1. The van der Waals surface area contributed by atoms with Crippen LogP contribution in [0, 0.1) is 17.1 Å². The van der Waals surface area contributed by atoms with Gasteiger partial charge in [-0.15, -0.1) is 0 Å². The largest absolute Gasteiger partial charge is 0.361 e. The summed E-state index contributed by atoms with van der Waals surface area (Å²) in [7, 11) is 0. The van der Waals surface area contributed by atoms with Gasteiger partial charge in [0.05, 0.1) is 23.8 Å². The molecule has 0 radical (unpaired) electrons. The Kier molecular flexibility index (Phi) is 5.95. The molecule has 37 heavy (non-hydrogen) atoms. The average molecular weight is 492 g/mol. The number of benzene rings is 3. The summed E-state index contributed by atoms with van der Waals surface area (Å²) in [6, 6.07) is 23.2. The number of nitrogens with zero attached hydrogens (tertiary/aromatic N) is 2. The third kappa shape index (κ3) is 3.71. The Balaban J connectivity index is 1.10. The molecule has 3 aliphatic heterocycles. The number of anilines is 1. The maximum atomic E-state index is 13.7. The Morgan fingerprint density at radius 3 is 2.76 bits per heavy atom. The molecule has 0 amide bonds. The molecule has 1 N–H and O–H groups in total. The number of fused-ring (bicyclic) bond motifs is 6. The van der Waals surface area contributed by atoms with Crippen molar-refractivity contribution in [2.45, 2.75) is 43.9 Å². The van der Waals surface area contributed by atoms with Crippen molar-refractivity contribution in [2.75, 3.05) is 18.0 Å². The van der Waals surface area contributed by atoms with Crippen LogP contribution in [0.4, 0.5) is 10.1 Å². The van der Waals surface area contributed by atoms with E-state index < -0.39 is 5.60 Å². The van der Waals surface area contributed by atoms with Gasteiger partial charge in [-0.2, -0.15) is 5.26 Å². The van der Waals surface area contributed by atoms with E-state index in [1.807, 2.05) is 30.3 Å². The van der Waals surface area contributed by atoms with Crippen LogP contribution in [0.1, 0.15) is 54.0 Å². The second-order valence-corrected chi connectivity index (χ2v) is 10.0. The molecule has 186 valence electrons. The summed E-state index contributed by atoms with van der Waals surface area (Å²) in [5.74, 6) is -0.259. The molecule has 6 rings (SSSR count). The Hall–Kier alpha value is -3.72. The van der Waals surface area contributed by atoms with Crippen LogP contribution >= 0.6 is 0 Å². The molecule has 0 aromatic heterocycles. The van der Waals surface area contributed by atoms with Crippen LogP contribution in [0.25, 0.3) is 5.57 Å². The van der Waals surface area contributed by atoms with Crippen LogP contribution in [0.5, 0.6) is 0 Å². The minimum atomic E-state index is -0.628. The van der Waals surface area contributed by atoms with E-state index in [0.717, 1.165) is 49.0 Å². The highest BCUT2D eigenvalue weighted by Gasteiger charge is 2.51. The molecule has 3 aromatic rings. The van der Waals surface area contributed by atoms with Gasteiger partial charge >= 0.3 is 0 Å². The van der Waals surface area contributed by atoms with Gasteiger partial charge in [0.2, 0.25) is 0 Å². The van der Waals surface area contributed by atoms with Crippen molar-refractivity contribution >= 4 is 11.3 Å². The third-order valence-electron chi connectivity index (χ3n) is 8.14. The summed E-state index contributed by atoms with van der Waals surface area (Å²) in [6.45, 7) is 4.34. The van der Waals surface area contributed by atoms with E-state index in [1.54, 1.807) is 0 Å². The molecule has 0 saturated carbocycles. The van der Waals surface area contributed by atoms with Gasteiger partial charge in [-0.25, -0.2) is 4.39 Å². The van der Waals surface area contributed by atoms with E-state index in [4.69, 9.17) is 4.74 Å². The molecular formula is C32H30FN3O. The number of hydrogen-bond acceptors (Lipinski definition) is 4. The van der Waals surface area contributed by atoms with Crippen molar-refractivity contribution in [2.24, 2.45) is 0 Å². The molecule has 0 aliphatic carbocycles. The topological polar surface area (TPSA) is 48.3 Å². The summed E-state index contributed by atoms with van der Waals surface area (Å²) in [6.07, 6.45) is 9.55. The standard InChI is InChI=1S/C32H30FN3O/c1-2-31(29-21-36(31)30-8-4-3-7-27(29)30)15-5-17-35-18-6-16-32(25-10-12-26(33)13-11-25)28-14-9-23(20-34)19-24(28)22-37-32/h3-5,7-15,19,21,35H,2,6,16-18,22H2,1H3. The van der Waals surface area contributed by atoms with Gasteiger partial charge in [0.25, 0.3) is 0 Å². The van der Waals surface area contributed by atoms with Gasteiger partial charge in [0, 0.05) is 29.6 Å². The van der Waals surface area contributed by atoms with E-state index in [0.29, 0.717) is 12.2 Å². The van der Waals surface area contributed by atoms with Crippen LogP contribution in [0.3, 0.4) is 0 Å². The number of para-hydroxylation sites is 1. The average Bonchev–Trinajstić information content (AvgIpc) is 3.58. The Morgan fingerprint density at radius 1 is 1.14 bits per heavy atom. The second kappa shape index (κ2) is 9.30. The maximum Gasteiger partial charge on any atom is 0.123 e. The molecule has 3 aliphatic rings. The molecule has 2 unspecified atom stereocenters. The predicted octanol–water partition coefficient (Wildman–Crippen LogP) is 6.42. The quantitative estimate of drug-likeness (QED) is 0.277. The number of nitriles is 1. The van der Waals surface area contributed by atoms with Gasteiger partial charge in [-0.1, -0.05) is 55.5 Å². The first kappa shape index (κ1) is 23.7. The molecule has 5 heteroatoms. The molecular weight excluding hydrogens is 461 g/mol. The molecule has 3 heterocycles. The van der Waals surface area contributed by atoms with Gasteiger partial charge < -0.3 is 15.0 Å². The summed E-state index contributed by atoms with van der Waals surface area (Å²) in [5.41, 5.74) is 7.12. The van der Waals surface area contributed by atoms with Crippen molar-refractivity contribution in [3.8, 4) is 6.07 Å². The molecule has 0 spiro atoms. The third-order valence-corrected chi connectivity index (χ3v) is 8.14. The summed E-state index contributed by atoms with van der Waals surface area (Å²) < 4.78 is 20.1. The number of halogens is 1. The fourth-order valence-electron chi connectivity index (χ4n) is 6.23. The van der Waals surface area contributed by atoms with Crippen LogP contribution in [-0.4, -0.2) is 18.6 Å². The van der Waals surface area contributed by atoms with Gasteiger partial charge in [-0.05, 0) is 72.8 Å². The highest BCUT2D eigenvalue weighted by Crippen LogP contribution is 2.57. The van der Waals surface area contributed by atoms with Crippen LogP contribution in [0.2, 0.25) is 0 Å². The minimum absolute atomic E-state index is 0.0122. The fraction of sp³-hybridized carbons (Fsp3) is 0.281. The normalized spacial score (nSPS) is 22.9. The zero-order valence-electron chi connectivity index (χ0n) is 21.0. The fourth-order valence-corrected chi connectivity index (χ4v) is 6.23. The van der Waals surface area contributed by atoms with Crippen molar-refractivity contribution in [3.63, 3.8) is 0 Å². The zero-order chi connectivity index (χ0) is 25.5. The molecule has 2 bridgehead atoms. The van der Waals surface area contributed by atoms with E-state index in [2.05, 4.69) is 65.8 Å². The Labute approximate surface area is 217 Å². The lowest BCUT2D eigenvalue weighted by Crippen LogP contribution is -2.47. The molecule has 3 aromatic carbocycles. The number of hydrogen-bond donors (Lipinski definition) is 1. The zero-order valence-corrected chi connectivity index (χ0v) is 21.0. The van der Waals surface area contributed by atoms with E-state index in [-0.39, 0.29) is 11.4 Å². The van der Waals surface area contributed by atoms with Crippen molar-refractivity contribution in [1.29, 1.82) is 5.26 Å². The van der Waals surface area contributed by atoms with E-state index in [9.17, 15) is 9.65 Å². The number of nitrogens with one attached hydrogen (secondary N) is 1. The molecule has 4 nitrogen and oxygen atoms in total. The van der Waals surface area contributed by atoms with E-state index >= 15 is 0 Å². The van der Waals surface area contributed by atoms with Crippen molar-refractivity contribution in [3.05, 3.63) is 119 Å². The highest BCUT2D eigenvalue weighted by molar-refractivity contribution is 6.01.